The topological polar surface area (TPSA) is 142 Å². The van der Waals surface area contributed by atoms with Crippen molar-refractivity contribution in [2.45, 2.75) is 0 Å². The number of nitrogens with zero attached hydrogens (tertiary/aromatic N) is 3. The van der Waals surface area contributed by atoms with Gasteiger partial charge in [0.25, 0.3) is 11.8 Å². The maximum atomic E-state index is 12.8. The Kier molecular flexibility index (Phi) is 7.15. The van der Waals surface area contributed by atoms with E-state index in [1.54, 1.807) is 66.7 Å². The lowest BCUT2D eigenvalue weighted by molar-refractivity contribution is 0.102. The van der Waals surface area contributed by atoms with E-state index in [2.05, 4.69) is 16.0 Å². The van der Waals surface area contributed by atoms with Gasteiger partial charge in [-0.05, 0) is 42.5 Å². The molecule has 158 valence electrons. The number of rotatable bonds is 6. The molecule has 2 amide bonds. The van der Waals surface area contributed by atoms with E-state index in [0.717, 1.165) is 0 Å². The molecule has 0 radical (unpaired) electrons. The van der Waals surface area contributed by atoms with Crippen LogP contribution in [-0.4, -0.2) is 11.8 Å². The summed E-state index contributed by atoms with van der Waals surface area (Å²) in [6, 6.07) is 26.8. The van der Waals surface area contributed by atoms with E-state index in [-0.39, 0.29) is 22.5 Å². The van der Waals surface area contributed by atoms with Crippen molar-refractivity contribution in [3.05, 3.63) is 101 Å². The molecular weight excluding hydrogens is 416 g/mol. The molecule has 0 spiro atoms. The summed E-state index contributed by atoms with van der Waals surface area (Å²) in [5.41, 5.74) is 0.857. The summed E-state index contributed by atoms with van der Waals surface area (Å²) in [6.45, 7) is 0. The molecule has 3 aromatic rings. The summed E-state index contributed by atoms with van der Waals surface area (Å²) in [4.78, 5) is 25.7. The maximum Gasteiger partial charge on any atom is 0.255 e. The van der Waals surface area contributed by atoms with E-state index < -0.39 is 17.4 Å². The highest BCUT2D eigenvalue weighted by Crippen LogP contribution is 2.21. The van der Waals surface area contributed by atoms with Crippen LogP contribution in [0.15, 0.2) is 90.1 Å². The molecule has 3 rings (SSSR count). The van der Waals surface area contributed by atoms with E-state index >= 15 is 0 Å². The Morgan fingerprint density at radius 2 is 1.03 bits per heavy atom. The summed E-state index contributed by atoms with van der Waals surface area (Å²) < 4.78 is 0. The van der Waals surface area contributed by atoms with Crippen LogP contribution in [0.3, 0.4) is 0 Å². The summed E-state index contributed by atoms with van der Waals surface area (Å²) in [6.07, 6.45) is 0. The molecule has 0 saturated heterocycles. The minimum atomic E-state index is -0.484. The molecule has 0 heterocycles. The standard InChI is InChI=1S/C25H16N6O2/c26-14-19(15-27)23(16-28)29-22-12-17(24(32)30-20-7-3-1-4-8-20)11-18(13-22)25(33)31-21-9-5-2-6-10-21/h1-13,29H,(H,30,32)(H,31,33). The third kappa shape index (κ3) is 5.82. The van der Waals surface area contributed by atoms with Crippen molar-refractivity contribution in [2.75, 3.05) is 16.0 Å². The minimum Gasteiger partial charge on any atom is -0.345 e. The Bertz CT molecular complexity index is 1260. The quantitative estimate of drug-likeness (QED) is 0.492. The summed E-state index contributed by atoms with van der Waals surface area (Å²) in [5.74, 6) is -0.969. The zero-order valence-electron chi connectivity index (χ0n) is 17.2. The Morgan fingerprint density at radius 3 is 1.42 bits per heavy atom. The number of allylic oxidation sites excluding steroid dienone is 2. The molecule has 0 bridgehead atoms. The monoisotopic (exact) mass is 432 g/mol. The average Bonchev–Trinajstić information content (AvgIpc) is 2.85. The van der Waals surface area contributed by atoms with Crippen LogP contribution in [0.2, 0.25) is 0 Å². The van der Waals surface area contributed by atoms with Crippen LogP contribution in [0.4, 0.5) is 17.1 Å². The number of hydrogen-bond donors (Lipinski definition) is 3. The SMILES string of the molecule is N#CC(C#N)=C(C#N)Nc1cc(C(=O)Nc2ccccc2)cc(C(=O)Nc2ccccc2)c1. The lowest BCUT2D eigenvalue weighted by atomic mass is 10.1. The second kappa shape index (κ2) is 10.6. The number of para-hydroxylation sites is 2. The van der Waals surface area contributed by atoms with Crippen molar-refractivity contribution in [3.63, 3.8) is 0 Å². The van der Waals surface area contributed by atoms with Crippen LogP contribution in [-0.2, 0) is 0 Å². The number of anilines is 3. The van der Waals surface area contributed by atoms with E-state index in [9.17, 15) is 14.9 Å². The first-order valence-electron chi connectivity index (χ1n) is 9.63. The zero-order valence-corrected chi connectivity index (χ0v) is 17.2. The lowest BCUT2D eigenvalue weighted by Gasteiger charge is -2.12. The van der Waals surface area contributed by atoms with Gasteiger partial charge in [-0.1, -0.05) is 36.4 Å². The van der Waals surface area contributed by atoms with E-state index in [4.69, 9.17) is 10.5 Å². The highest BCUT2D eigenvalue weighted by molar-refractivity contribution is 6.09. The summed E-state index contributed by atoms with van der Waals surface area (Å²) >= 11 is 0. The first-order chi connectivity index (χ1) is 16.0. The fourth-order valence-corrected chi connectivity index (χ4v) is 2.84. The van der Waals surface area contributed by atoms with Gasteiger partial charge < -0.3 is 16.0 Å². The molecule has 8 nitrogen and oxygen atoms in total. The first-order valence-corrected chi connectivity index (χ1v) is 9.63. The van der Waals surface area contributed by atoms with Gasteiger partial charge in [0.2, 0.25) is 0 Å². The molecule has 0 aliphatic heterocycles. The molecule has 0 fully saturated rings. The van der Waals surface area contributed by atoms with Gasteiger partial charge in [-0.3, -0.25) is 9.59 Å². The highest BCUT2D eigenvalue weighted by Gasteiger charge is 2.15. The maximum absolute atomic E-state index is 12.8. The van der Waals surface area contributed by atoms with Crippen molar-refractivity contribution < 1.29 is 9.59 Å². The Balaban J connectivity index is 2.00. The molecule has 3 aromatic carbocycles. The number of carbonyl (C=O) groups excluding carboxylic acids is 2. The van der Waals surface area contributed by atoms with Crippen molar-refractivity contribution in [3.8, 4) is 18.2 Å². The van der Waals surface area contributed by atoms with E-state index in [1.165, 1.54) is 18.2 Å². The largest absolute Gasteiger partial charge is 0.345 e. The number of benzene rings is 3. The number of carbonyl (C=O) groups is 2. The van der Waals surface area contributed by atoms with E-state index in [1.807, 2.05) is 12.1 Å². The Morgan fingerprint density at radius 1 is 0.576 bits per heavy atom. The summed E-state index contributed by atoms with van der Waals surface area (Å²) in [7, 11) is 0. The smallest absolute Gasteiger partial charge is 0.255 e. The molecule has 0 aliphatic rings. The lowest BCUT2D eigenvalue weighted by Crippen LogP contribution is -2.16. The number of amides is 2. The number of nitrogens with one attached hydrogen (secondary N) is 3. The molecular formula is C25H16N6O2. The second-order valence-corrected chi connectivity index (χ2v) is 6.65. The van der Waals surface area contributed by atoms with Crippen LogP contribution in [0, 0.1) is 34.0 Å². The van der Waals surface area contributed by atoms with Crippen molar-refractivity contribution in [2.24, 2.45) is 0 Å². The van der Waals surface area contributed by atoms with Crippen LogP contribution >= 0.6 is 0 Å². The Labute approximate surface area is 190 Å². The van der Waals surface area contributed by atoms with E-state index in [0.29, 0.717) is 11.4 Å². The molecule has 3 N–H and O–H groups in total. The van der Waals surface area contributed by atoms with Crippen molar-refractivity contribution >= 4 is 28.9 Å². The van der Waals surface area contributed by atoms with Gasteiger partial charge in [0.1, 0.15) is 23.9 Å². The third-order valence-electron chi connectivity index (χ3n) is 4.38. The molecule has 0 aliphatic carbocycles. The van der Waals surface area contributed by atoms with Crippen LogP contribution < -0.4 is 16.0 Å². The van der Waals surface area contributed by atoms with Gasteiger partial charge in [-0.2, -0.15) is 15.8 Å². The molecule has 8 heteroatoms. The minimum absolute atomic E-state index is 0.134. The number of nitriles is 3. The van der Waals surface area contributed by atoms with Crippen LogP contribution in [0.25, 0.3) is 0 Å². The molecule has 0 atom stereocenters. The van der Waals surface area contributed by atoms with Crippen molar-refractivity contribution in [1.82, 2.24) is 0 Å². The summed E-state index contributed by atoms with van der Waals surface area (Å²) in [5, 5.41) is 35.6. The molecule has 0 unspecified atom stereocenters. The number of hydrogen-bond acceptors (Lipinski definition) is 6. The second-order valence-electron chi connectivity index (χ2n) is 6.65. The molecule has 33 heavy (non-hydrogen) atoms. The van der Waals surface area contributed by atoms with Crippen LogP contribution in [0.1, 0.15) is 20.7 Å². The molecule has 0 aromatic heterocycles. The van der Waals surface area contributed by atoms with Crippen LogP contribution in [0.5, 0.6) is 0 Å². The Hall–Kier alpha value is -5.39. The zero-order chi connectivity index (χ0) is 23.6. The first kappa shape index (κ1) is 22.3. The van der Waals surface area contributed by atoms with Gasteiger partial charge in [-0.15, -0.1) is 0 Å². The van der Waals surface area contributed by atoms with Crippen molar-refractivity contribution in [1.29, 1.82) is 15.8 Å². The highest BCUT2D eigenvalue weighted by atomic mass is 16.2. The fourth-order valence-electron chi connectivity index (χ4n) is 2.84. The van der Waals surface area contributed by atoms with Gasteiger partial charge in [0.15, 0.2) is 5.57 Å². The third-order valence-corrected chi connectivity index (χ3v) is 4.38. The van der Waals surface area contributed by atoms with Gasteiger partial charge >= 0.3 is 0 Å². The predicted octanol–water partition coefficient (Wildman–Crippen LogP) is 4.43. The fraction of sp³-hybridized carbons (Fsp3) is 0. The average molecular weight is 432 g/mol. The van der Waals surface area contributed by atoms with Gasteiger partial charge in [0.05, 0.1) is 0 Å². The predicted molar refractivity (Wildman–Crippen MR) is 123 cm³/mol. The van der Waals surface area contributed by atoms with Gasteiger partial charge in [-0.25, -0.2) is 0 Å². The van der Waals surface area contributed by atoms with Gasteiger partial charge in [0, 0.05) is 28.2 Å². The molecule has 0 saturated carbocycles. The normalized spacial score (nSPS) is 9.36.